The molecule has 1 N–H and O–H groups in total. The minimum Gasteiger partial charge on any atom is -0.352 e. The van der Waals surface area contributed by atoms with E-state index in [-0.39, 0.29) is 25.0 Å². The molecule has 3 rings (SSSR count). The molecule has 0 heterocycles. The number of anilines is 1. The SMILES string of the molecule is Cc1cccc(N(CC(=O)N(Cc2ccccc2C)[C@@H](C)C(=O)NC2CCCCC2)S(C)(=O)=O)c1. The van der Waals surface area contributed by atoms with Crippen molar-refractivity contribution in [3.63, 3.8) is 0 Å². The monoisotopic (exact) mass is 499 g/mol. The first-order valence-electron chi connectivity index (χ1n) is 12.2. The van der Waals surface area contributed by atoms with Gasteiger partial charge in [0.05, 0.1) is 11.9 Å². The van der Waals surface area contributed by atoms with E-state index in [1.165, 1.54) is 11.3 Å². The Morgan fingerprint density at radius 2 is 1.71 bits per heavy atom. The Bertz CT molecular complexity index is 1140. The Hall–Kier alpha value is -2.87. The lowest BCUT2D eigenvalue weighted by molar-refractivity contribution is -0.139. The maximum Gasteiger partial charge on any atom is 0.244 e. The van der Waals surface area contributed by atoms with Crippen molar-refractivity contribution >= 4 is 27.5 Å². The van der Waals surface area contributed by atoms with Crippen molar-refractivity contribution in [3.8, 4) is 0 Å². The lowest BCUT2D eigenvalue weighted by Crippen LogP contribution is -2.53. The van der Waals surface area contributed by atoms with E-state index >= 15 is 0 Å². The summed E-state index contributed by atoms with van der Waals surface area (Å²) in [5.74, 6) is -0.633. The number of hydrogen-bond acceptors (Lipinski definition) is 4. The van der Waals surface area contributed by atoms with Crippen LogP contribution >= 0.6 is 0 Å². The smallest absolute Gasteiger partial charge is 0.244 e. The minimum atomic E-state index is -3.73. The van der Waals surface area contributed by atoms with Crippen LogP contribution in [0.5, 0.6) is 0 Å². The molecule has 0 saturated heterocycles. The van der Waals surface area contributed by atoms with E-state index in [0.29, 0.717) is 5.69 Å². The molecule has 0 aromatic heterocycles. The highest BCUT2D eigenvalue weighted by Crippen LogP contribution is 2.22. The molecule has 0 radical (unpaired) electrons. The van der Waals surface area contributed by atoms with Gasteiger partial charge in [0.2, 0.25) is 21.8 Å². The molecule has 0 unspecified atom stereocenters. The van der Waals surface area contributed by atoms with E-state index in [4.69, 9.17) is 0 Å². The Morgan fingerprint density at radius 1 is 1.03 bits per heavy atom. The minimum absolute atomic E-state index is 0.119. The van der Waals surface area contributed by atoms with Crippen molar-refractivity contribution in [1.29, 1.82) is 0 Å². The number of carbonyl (C=O) groups excluding carboxylic acids is 2. The molecule has 1 fully saturated rings. The van der Waals surface area contributed by atoms with E-state index in [1.54, 1.807) is 25.1 Å². The highest BCUT2D eigenvalue weighted by Gasteiger charge is 2.31. The van der Waals surface area contributed by atoms with Crippen LogP contribution in [0.1, 0.15) is 55.7 Å². The topological polar surface area (TPSA) is 86.8 Å². The average Bonchev–Trinajstić information content (AvgIpc) is 2.81. The standard InChI is InChI=1S/C27H37N3O4S/c1-20-11-10-16-25(17-20)30(35(4,33)34)19-26(31)29(18-23-13-9-8-12-21(23)2)22(3)27(32)28-24-14-6-5-7-15-24/h8-13,16-17,22,24H,5-7,14-15,18-19H2,1-4H3,(H,28,32)/t22-/m0/s1. The number of nitrogens with zero attached hydrogens (tertiary/aromatic N) is 2. The van der Waals surface area contributed by atoms with Crippen molar-refractivity contribution in [2.24, 2.45) is 0 Å². The number of nitrogens with one attached hydrogen (secondary N) is 1. The van der Waals surface area contributed by atoms with Crippen LogP contribution in [0, 0.1) is 13.8 Å². The van der Waals surface area contributed by atoms with E-state index in [0.717, 1.165) is 52.9 Å². The molecular weight excluding hydrogens is 462 g/mol. The second-order valence-corrected chi connectivity index (χ2v) is 11.5. The first-order chi connectivity index (χ1) is 16.6. The van der Waals surface area contributed by atoms with Gasteiger partial charge in [-0.25, -0.2) is 8.42 Å². The van der Waals surface area contributed by atoms with Crippen LogP contribution in [0.15, 0.2) is 48.5 Å². The van der Waals surface area contributed by atoms with Gasteiger partial charge < -0.3 is 10.2 Å². The molecule has 1 aliphatic carbocycles. The number of aryl methyl sites for hydroxylation is 2. The molecule has 2 amide bonds. The van der Waals surface area contributed by atoms with Gasteiger partial charge in [-0.3, -0.25) is 13.9 Å². The third-order valence-electron chi connectivity index (χ3n) is 6.69. The molecule has 35 heavy (non-hydrogen) atoms. The lowest BCUT2D eigenvalue weighted by atomic mass is 9.95. The number of benzene rings is 2. The average molecular weight is 500 g/mol. The summed E-state index contributed by atoms with van der Waals surface area (Å²) in [5, 5.41) is 3.11. The fourth-order valence-corrected chi connectivity index (χ4v) is 5.36. The van der Waals surface area contributed by atoms with Crippen molar-refractivity contribution < 1.29 is 18.0 Å². The highest BCUT2D eigenvalue weighted by molar-refractivity contribution is 7.92. The third kappa shape index (κ3) is 7.31. The quantitative estimate of drug-likeness (QED) is 0.566. The summed E-state index contributed by atoms with van der Waals surface area (Å²) in [4.78, 5) is 28.3. The molecular formula is C27H37N3O4S. The molecule has 1 atom stereocenters. The summed E-state index contributed by atoms with van der Waals surface area (Å²) < 4.78 is 26.4. The van der Waals surface area contributed by atoms with Gasteiger partial charge in [0.1, 0.15) is 12.6 Å². The van der Waals surface area contributed by atoms with E-state index in [9.17, 15) is 18.0 Å². The van der Waals surface area contributed by atoms with Gasteiger partial charge in [-0.1, -0.05) is 55.7 Å². The van der Waals surface area contributed by atoms with Gasteiger partial charge >= 0.3 is 0 Å². The summed E-state index contributed by atoms with van der Waals surface area (Å²) in [5.41, 5.74) is 3.24. The Morgan fingerprint density at radius 3 is 2.34 bits per heavy atom. The van der Waals surface area contributed by atoms with Gasteiger partial charge in [0, 0.05) is 12.6 Å². The van der Waals surface area contributed by atoms with Gasteiger partial charge in [-0.15, -0.1) is 0 Å². The summed E-state index contributed by atoms with van der Waals surface area (Å²) >= 11 is 0. The summed E-state index contributed by atoms with van der Waals surface area (Å²) in [6.45, 7) is 5.38. The molecule has 1 saturated carbocycles. The van der Waals surface area contributed by atoms with Crippen molar-refractivity contribution in [2.45, 2.75) is 71.5 Å². The molecule has 1 aliphatic rings. The van der Waals surface area contributed by atoms with Gasteiger partial charge in [-0.05, 0) is 62.4 Å². The summed E-state index contributed by atoms with van der Waals surface area (Å²) in [6.07, 6.45) is 6.34. The zero-order valence-corrected chi connectivity index (χ0v) is 22.0. The number of sulfonamides is 1. The van der Waals surface area contributed by atoms with Crippen LogP contribution in [-0.4, -0.2) is 50.0 Å². The van der Waals surface area contributed by atoms with Crippen molar-refractivity contribution in [2.75, 3.05) is 17.1 Å². The van der Waals surface area contributed by atoms with Crippen LogP contribution in [0.4, 0.5) is 5.69 Å². The molecule has 7 nitrogen and oxygen atoms in total. The maximum atomic E-state index is 13.7. The zero-order valence-electron chi connectivity index (χ0n) is 21.2. The van der Waals surface area contributed by atoms with E-state index < -0.39 is 22.0 Å². The Labute approximate surface area is 209 Å². The normalized spacial score (nSPS) is 15.3. The Kier molecular flexibility index (Phi) is 8.94. The number of hydrogen-bond donors (Lipinski definition) is 1. The number of carbonyl (C=O) groups is 2. The van der Waals surface area contributed by atoms with E-state index in [1.807, 2.05) is 44.2 Å². The molecule has 190 valence electrons. The van der Waals surface area contributed by atoms with Crippen molar-refractivity contribution in [3.05, 3.63) is 65.2 Å². The number of amides is 2. The second-order valence-electron chi connectivity index (χ2n) is 9.58. The first kappa shape index (κ1) is 26.7. The van der Waals surface area contributed by atoms with Gasteiger partial charge in [0.15, 0.2) is 0 Å². The largest absolute Gasteiger partial charge is 0.352 e. The van der Waals surface area contributed by atoms with Gasteiger partial charge in [-0.2, -0.15) is 0 Å². The summed E-state index contributed by atoms with van der Waals surface area (Å²) in [7, 11) is -3.73. The molecule has 2 aromatic rings. The predicted molar refractivity (Wildman–Crippen MR) is 140 cm³/mol. The molecule has 0 bridgehead atoms. The molecule has 8 heteroatoms. The maximum absolute atomic E-state index is 13.7. The Balaban J connectivity index is 1.88. The molecule has 0 aliphatic heterocycles. The fraction of sp³-hybridized carbons (Fsp3) is 0.481. The first-order valence-corrected chi connectivity index (χ1v) is 14.1. The lowest BCUT2D eigenvalue weighted by Gasteiger charge is -2.33. The van der Waals surface area contributed by atoms with Gasteiger partial charge in [0.25, 0.3) is 0 Å². The predicted octanol–water partition coefficient (Wildman–Crippen LogP) is 3.94. The van der Waals surface area contributed by atoms with Crippen LogP contribution < -0.4 is 9.62 Å². The highest BCUT2D eigenvalue weighted by atomic mass is 32.2. The fourth-order valence-electron chi connectivity index (χ4n) is 4.52. The van der Waals surface area contributed by atoms with Crippen LogP contribution in [0.3, 0.4) is 0 Å². The van der Waals surface area contributed by atoms with Crippen LogP contribution in [0.25, 0.3) is 0 Å². The van der Waals surface area contributed by atoms with E-state index in [2.05, 4.69) is 5.32 Å². The zero-order chi connectivity index (χ0) is 25.6. The summed E-state index contributed by atoms with van der Waals surface area (Å²) in [6, 6.07) is 14.1. The second kappa shape index (κ2) is 11.7. The molecule has 0 spiro atoms. The molecule has 2 aromatic carbocycles. The third-order valence-corrected chi connectivity index (χ3v) is 7.83. The number of rotatable bonds is 9. The van der Waals surface area contributed by atoms with Crippen LogP contribution in [0.2, 0.25) is 0 Å². The van der Waals surface area contributed by atoms with Crippen LogP contribution in [-0.2, 0) is 26.2 Å². The van der Waals surface area contributed by atoms with Crippen molar-refractivity contribution in [1.82, 2.24) is 10.2 Å².